The molecule has 0 spiro atoms. The van der Waals surface area contributed by atoms with E-state index < -0.39 is 10.5 Å². The van der Waals surface area contributed by atoms with Gasteiger partial charge in [-0.25, -0.2) is 0 Å². The van der Waals surface area contributed by atoms with Gasteiger partial charge in [0.05, 0.1) is 10.5 Å². The van der Waals surface area contributed by atoms with E-state index in [-0.39, 0.29) is 11.6 Å². The monoisotopic (exact) mass is 249 g/mol. The molecule has 0 aliphatic heterocycles. The highest BCUT2D eigenvalue weighted by atomic mass is 16.6. The fourth-order valence-electron chi connectivity index (χ4n) is 1.93. The molecule has 1 aliphatic rings. The third kappa shape index (κ3) is 2.19. The second-order valence-electron chi connectivity index (χ2n) is 4.72. The van der Waals surface area contributed by atoms with Gasteiger partial charge in [0, 0.05) is 17.8 Å². The number of hydrogen-bond acceptors (Lipinski definition) is 4. The lowest BCUT2D eigenvalue weighted by Gasteiger charge is -2.36. The maximum Gasteiger partial charge on any atom is 0.269 e. The second-order valence-corrected chi connectivity index (χ2v) is 4.72. The third-order valence-electron chi connectivity index (χ3n) is 3.37. The van der Waals surface area contributed by atoms with Crippen molar-refractivity contribution in [1.82, 2.24) is 0 Å². The zero-order chi connectivity index (χ0) is 13.3. The molecule has 0 unspecified atom stereocenters. The van der Waals surface area contributed by atoms with Crippen LogP contribution in [0.3, 0.4) is 0 Å². The summed E-state index contributed by atoms with van der Waals surface area (Å²) >= 11 is 0. The van der Waals surface area contributed by atoms with Crippen LogP contribution in [0.25, 0.3) is 0 Å². The van der Waals surface area contributed by atoms with Crippen molar-refractivity contribution in [2.75, 3.05) is 5.32 Å². The number of amides is 1. The predicted octanol–water partition coefficient (Wildman–Crippen LogP) is 1.72. The number of nitro benzene ring substituents is 1. The van der Waals surface area contributed by atoms with Crippen LogP contribution < -0.4 is 11.1 Å². The lowest BCUT2D eigenvalue weighted by atomic mass is 9.77. The molecule has 0 atom stereocenters. The van der Waals surface area contributed by atoms with E-state index in [4.69, 9.17) is 5.73 Å². The van der Waals surface area contributed by atoms with Crippen LogP contribution in [-0.4, -0.2) is 16.4 Å². The number of nitrogens with zero attached hydrogens (tertiary/aromatic N) is 1. The van der Waals surface area contributed by atoms with E-state index in [1.807, 2.05) is 0 Å². The maximum absolute atomic E-state index is 11.9. The Kier molecular flexibility index (Phi) is 3.04. The molecule has 0 saturated heterocycles. The minimum Gasteiger partial charge on any atom is -0.324 e. The van der Waals surface area contributed by atoms with E-state index >= 15 is 0 Å². The molecule has 0 bridgehead atoms. The number of nitrogens with one attached hydrogen (secondary N) is 1. The van der Waals surface area contributed by atoms with Gasteiger partial charge in [0.25, 0.3) is 5.69 Å². The van der Waals surface area contributed by atoms with Gasteiger partial charge in [-0.15, -0.1) is 0 Å². The molecular weight excluding hydrogens is 234 g/mol. The van der Waals surface area contributed by atoms with E-state index in [0.29, 0.717) is 24.1 Å². The first-order chi connectivity index (χ1) is 8.42. The number of aryl methyl sites for hydroxylation is 1. The van der Waals surface area contributed by atoms with Crippen LogP contribution in [0.4, 0.5) is 11.4 Å². The summed E-state index contributed by atoms with van der Waals surface area (Å²) in [5, 5.41) is 13.3. The van der Waals surface area contributed by atoms with Crippen LogP contribution in [0.5, 0.6) is 0 Å². The molecule has 6 nitrogen and oxygen atoms in total. The Hall–Kier alpha value is -1.95. The van der Waals surface area contributed by atoms with Crippen molar-refractivity contribution in [2.24, 2.45) is 5.73 Å². The molecule has 0 heterocycles. The highest BCUT2D eigenvalue weighted by molar-refractivity contribution is 5.99. The molecule has 18 heavy (non-hydrogen) atoms. The van der Waals surface area contributed by atoms with Gasteiger partial charge in [0.2, 0.25) is 5.91 Å². The minimum absolute atomic E-state index is 0.0107. The number of carbonyl (C=O) groups excluding carboxylic acids is 1. The minimum atomic E-state index is -0.770. The van der Waals surface area contributed by atoms with Crippen LogP contribution in [-0.2, 0) is 4.79 Å². The standard InChI is InChI=1S/C12H15N3O3/c1-8-7-9(15(17)18)3-4-10(8)14-11(16)12(13)5-2-6-12/h3-4,7H,2,5-6,13H2,1H3,(H,14,16). The van der Waals surface area contributed by atoms with Crippen molar-refractivity contribution in [1.29, 1.82) is 0 Å². The van der Waals surface area contributed by atoms with Gasteiger partial charge >= 0.3 is 0 Å². The Balaban J connectivity index is 2.15. The Morgan fingerprint density at radius 2 is 2.17 bits per heavy atom. The third-order valence-corrected chi connectivity index (χ3v) is 3.37. The van der Waals surface area contributed by atoms with Crippen molar-refractivity contribution in [2.45, 2.75) is 31.7 Å². The Morgan fingerprint density at radius 1 is 1.50 bits per heavy atom. The molecule has 1 aromatic carbocycles. The molecule has 1 aromatic rings. The van der Waals surface area contributed by atoms with Crippen LogP contribution in [0.2, 0.25) is 0 Å². The molecule has 6 heteroatoms. The van der Waals surface area contributed by atoms with Gasteiger partial charge in [-0.3, -0.25) is 14.9 Å². The average molecular weight is 249 g/mol. The first-order valence-corrected chi connectivity index (χ1v) is 5.78. The fraction of sp³-hybridized carbons (Fsp3) is 0.417. The Labute approximate surface area is 104 Å². The highest BCUT2D eigenvalue weighted by Crippen LogP contribution is 2.31. The van der Waals surface area contributed by atoms with Gasteiger partial charge < -0.3 is 11.1 Å². The zero-order valence-corrected chi connectivity index (χ0v) is 10.1. The molecule has 1 amide bonds. The van der Waals surface area contributed by atoms with E-state index in [0.717, 1.165) is 6.42 Å². The van der Waals surface area contributed by atoms with Crippen LogP contribution in [0.15, 0.2) is 18.2 Å². The highest BCUT2D eigenvalue weighted by Gasteiger charge is 2.40. The summed E-state index contributed by atoms with van der Waals surface area (Å²) in [5.41, 5.74) is 6.37. The second kappa shape index (κ2) is 4.38. The van der Waals surface area contributed by atoms with E-state index in [2.05, 4.69) is 5.32 Å². The first-order valence-electron chi connectivity index (χ1n) is 5.78. The van der Waals surface area contributed by atoms with E-state index in [1.54, 1.807) is 6.92 Å². The van der Waals surface area contributed by atoms with Gasteiger partial charge in [-0.05, 0) is 37.8 Å². The van der Waals surface area contributed by atoms with Gasteiger partial charge in [-0.2, -0.15) is 0 Å². The molecule has 0 radical (unpaired) electrons. The van der Waals surface area contributed by atoms with Gasteiger partial charge in [0.1, 0.15) is 0 Å². The molecule has 96 valence electrons. The number of anilines is 1. The van der Waals surface area contributed by atoms with Crippen molar-refractivity contribution in [3.05, 3.63) is 33.9 Å². The number of rotatable bonds is 3. The SMILES string of the molecule is Cc1cc([N+](=O)[O-])ccc1NC(=O)C1(N)CCC1. The molecule has 1 saturated carbocycles. The van der Waals surface area contributed by atoms with Crippen LogP contribution in [0.1, 0.15) is 24.8 Å². The smallest absolute Gasteiger partial charge is 0.269 e. The first kappa shape index (κ1) is 12.5. The summed E-state index contributed by atoms with van der Waals surface area (Å²) in [5.74, 6) is -0.217. The number of hydrogen-bond donors (Lipinski definition) is 2. The number of nitro groups is 1. The summed E-state index contributed by atoms with van der Waals surface area (Å²) in [6, 6.07) is 4.33. The molecule has 3 N–H and O–H groups in total. The number of nitrogens with two attached hydrogens (primary N) is 1. The summed E-state index contributed by atoms with van der Waals surface area (Å²) in [6.45, 7) is 1.71. The van der Waals surface area contributed by atoms with Crippen molar-refractivity contribution < 1.29 is 9.72 Å². The lowest BCUT2D eigenvalue weighted by molar-refractivity contribution is -0.384. The number of non-ortho nitro benzene ring substituents is 1. The van der Waals surface area contributed by atoms with Crippen LogP contribution >= 0.6 is 0 Å². The summed E-state index contributed by atoms with van der Waals surface area (Å²) < 4.78 is 0. The van der Waals surface area contributed by atoms with Gasteiger partial charge in [-0.1, -0.05) is 0 Å². The molecule has 1 aliphatic carbocycles. The van der Waals surface area contributed by atoms with Crippen molar-refractivity contribution in [3.63, 3.8) is 0 Å². The molecular formula is C12H15N3O3. The molecule has 2 rings (SSSR count). The summed E-state index contributed by atoms with van der Waals surface area (Å²) in [4.78, 5) is 22.1. The topological polar surface area (TPSA) is 98.3 Å². The Bertz CT molecular complexity index is 509. The fourth-order valence-corrected chi connectivity index (χ4v) is 1.93. The lowest BCUT2D eigenvalue weighted by Crippen LogP contribution is -2.56. The zero-order valence-electron chi connectivity index (χ0n) is 10.1. The van der Waals surface area contributed by atoms with E-state index in [1.165, 1.54) is 18.2 Å². The maximum atomic E-state index is 11.9. The number of carbonyl (C=O) groups is 1. The van der Waals surface area contributed by atoms with Gasteiger partial charge in [0.15, 0.2) is 0 Å². The average Bonchev–Trinajstić information content (AvgIpc) is 2.28. The van der Waals surface area contributed by atoms with E-state index in [9.17, 15) is 14.9 Å². The van der Waals surface area contributed by atoms with Crippen molar-refractivity contribution >= 4 is 17.3 Å². The number of benzene rings is 1. The normalized spacial score (nSPS) is 16.8. The van der Waals surface area contributed by atoms with Crippen molar-refractivity contribution in [3.8, 4) is 0 Å². The Morgan fingerprint density at radius 3 is 2.61 bits per heavy atom. The molecule has 0 aromatic heterocycles. The summed E-state index contributed by atoms with van der Waals surface area (Å²) in [7, 11) is 0. The largest absolute Gasteiger partial charge is 0.324 e. The molecule has 1 fully saturated rings. The van der Waals surface area contributed by atoms with Crippen LogP contribution in [0, 0.1) is 17.0 Å². The predicted molar refractivity (Wildman–Crippen MR) is 67.2 cm³/mol. The quantitative estimate of drug-likeness (QED) is 0.629. The summed E-state index contributed by atoms with van der Waals surface area (Å²) in [6.07, 6.45) is 2.33.